The summed E-state index contributed by atoms with van der Waals surface area (Å²) in [6.45, 7) is 5.04. The molecule has 0 fully saturated rings. The Labute approximate surface area is 151 Å². The average molecular weight is 362 g/mol. The summed E-state index contributed by atoms with van der Waals surface area (Å²) in [5.74, 6) is -0.471. The van der Waals surface area contributed by atoms with Gasteiger partial charge < -0.3 is 14.8 Å². The monoisotopic (exact) mass is 361 g/mol. The second kappa shape index (κ2) is 8.53. The van der Waals surface area contributed by atoms with Gasteiger partial charge in [-0.1, -0.05) is 35.9 Å². The van der Waals surface area contributed by atoms with Crippen molar-refractivity contribution in [3.63, 3.8) is 0 Å². The molecule has 0 aliphatic carbocycles. The van der Waals surface area contributed by atoms with Gasteiger partial charge in [0.2, 0.25) is 0 Å². The Morgan fingerprint density at radius 3 is 2.60 bits per heavy atom. The number of amides is 1. The summed E-state index contributed by atoms with van der Waals surface area (Å²) < 4.78 is 10.6. The van der Waals surface area contributed by atoms with Crippen LogP contribution >= 0.6 is 11.6 Å². The number of carbonyl (C=O) groups is 2. The van der Waals surface area contributed by atoms with Gasteiger partial charge in [0.25, 0.3) is 5.91 Å². The summed E-state index contributed by atoms with van der Waals surface area (Å²) in [5.41, 5.74) is 2.41. The minimum atomic E-state index is -0.967. The molecule has 0 aromatic heterocycles. The minimum Gasteiger partial charge on any atom is -0.482 e. The Kier molecular flexibility index (Phi) is 6.42. The highest BCUT2D eigenvalue weighted by atomic mass is 35.5. The number of halogens is 1. The van der Waals surface area contributed by atoms with Gasteiger partial charge in [0.1, 0.15) is 5.75 Å². The first-order chi connectivity index (χ1) is 11.9. The Morgan fingerprint density at radius 1 is 1.16 bits per heavy atom. The molecule has 25 heavy (non-hydrogen) atoms. The molecule has 0 heterocycles. The lowest BCUT2D eigenvalue weighted by atomic mass is 10.1. The molecule has 0 saturated carbocycles. The Hall–Kier alpha value is -2.53. The van der Waals surface area contributed by atoms with Gasteiger partial charge in [0.05, 0.1) is 10.7 Å². The summed E-state index contributed by atoms with van der Waals surface area (Å²) >= 11 is 5.98. The van der Waals surface area contributed by atoms with Crippen molar-refractivity contribution in [3.05, 3.63) is 58.6 Å². The van der Waals surface area contributed by atoms with Crippen molar-refractivity contribution >= 4 is 29.2 Å². The molecule has 5 nitrogen and oxygen atoms in total. The number of carbonyl (C=O) groups excluding carboxylic acids is 2. The van der Waals surface area contributed by atoms with Gasteiger partial charge in [-0.05, 0) is 50.1 Å². The summed E-state index contributed by atoms with van der Waals surface area (Å²) in [6, 6.07) is 12.5. The maximum atomic E-state index is 12.1. The first-order valence-electron chi connectivity index (χ1n) is 7.81. The molecule has 6 heteroatoms. The van der Waals surface area contributed by atoms with Crippen LogP contribution in [0.3, 0.4) is 0 Å². The van der Waals surface area contributed by atoms with Crippen molar-refractivity contribution < 1.29 is 19.1 Å². The third-order valence-corrected chi connectivity index (χ3v) is 3.83. The van der Waals surface area contributed by atoms with Crippen LogP contribution in [0.5, 0.6) is 5.75 Å². The standard InChI is InChI=1S/C19H20ClNO4/c1-12-8-9-13(2)17(10-12)24-11-18(22)25-14(3)19(23)21-16-7-5-4-6-15(16)20/h4-10,14H,11H2,1-3H3,(H,21,23). The van der Waals surface area contributed by atoms with Gasteiger partial charge in [-0.25, -0.2) is 4.79 Å². The Balaban J connectivity index is 1.86. The number of benzene rings is 2. The highest BCUT2D eigenvalue weighted by Crippen LogP contribution is 2.21. The number of aryl methyl sites for hydroxylation is 2. The molecular formula is C19H20ClNO4. The third-order valence-electron chi connectivity index (χ3n) is 3.50. The molecule has 1 N–H and O–H groups in total. The number of hydrogen-bond acceptors (Lipinski definition) is 4. The van der Waals surface area contributed by atoms with Crippen LogP contribution in [0.15, 0.2) is 42.5 Å². The molecule has 0 aliphatic heterocycles. The number of hydrogen-bond donors (Lipinski definition) is 1. The highest BCUT2D eigenvalue weighted by molar-refractivity contribution is 6.33. The summed E-state index contributed by atoms with van der Waals surface area (Å²) in [5, 5.41) is 3.03. The maximum absolute atomic E-state index is 12.1. The zero-order chi connectivity index (χ0) is 18.4. The van der Waals surface area contributed by atoms with E-state index in [2.05, 4.69) is 5.32 Å². The summed E-state index contributed by atoms with van der Waals surface area (Å²) in [4.78, 5) is 24.0. The van der Waals surface area contributed by atoms with Crippen LogP contribution in [0.25, 0.3) is 0 Å². The molecule has 0 aliphatic rings. The van der Waals surface area contributed by atoms with Crippen molar-refractivity contribution in [1.82, 2.24) is 0 Å². The van der Waals surface area contributed by atoms with Crippen molar-refractivity contribution in [2.75, 3.05) is 11.9 Å². The van der Waals surface area contributed by atoms with Crippen molar-refractivity contribution in [2.24, 2.45) is 0 Å². The topological polar surface area (TPSA) is 64.6 Å². The van der Waals surface area contributed by atoms with E-state index in [-0.39, 0.29) is 6.61 Å². The van der Waals surface area contributed by atoms with E-state index in [0.717, 1.165) is 11.1 Å². The van der Waals surface area contributed by atoms with Gasteiger partial charge in [-0.2, -0.15) is 0 Å². The van der Waals surface area contributed by atoms with E-state index >= 15 is 0 Å². The number of nitrogens with one attached hydrogen (secondary N) is 1. The fourth-order valence-corrected chi connectivity index (χ4v) is 2.26. The number of anilines is 1. The number of para-hydroxylation sites is 1. The quantitative estimate of drug-likeness (QED) is 0.792. The summed E-state index contributed by atoms with van der Waals surface area (Å²) in [6.07, 6.45) is -0.967. The van der Waals surface area contributed by atoms with Gasteiger partial charge in [-0.3, -0.25) is 4.79 Å². The van der Waals surface area contributed by atoms with Crippen molar-refractivity contribution in [1.29, 1.82) is 0 Å². The average Bonchev–Trinajstić information content (AvgIpc) is 2.57. The van der Waals surface area contributed by atoms with Crippen molar-refractivity contribution in [2.45, 2.75) is 26.9 Å². The van der Waals surface area contributed by atoms with E-state index in [1.165, 1.54) is 6.92 Å². The van der Waals surface area contributed by atoms with Crippen LogP contribution in [0.1, 0.15) is 18.1 Å². The van der Waals surface area contributed by atoms with Crippen LogP contribution < -0.4 is 10.1 Å². The number of rotatable bonds is 6. The van der Waals surface area contributed by atoms with E-state index in [1.807, 2.05) is 32.0 Å². The molecule has 0 bridgehead atoms. The second-order valence-corrected chi connectivity index (χ2v) is 6.07. The first-order valence-corrected chi connectivity index (χ1v) is 8.19. The van der Waals surface area contributed by atoms with Crippen molar-refractivity contribution in [3.8, 4) is 5.75 Å². The van der Waals surface area contributed by atoms with E-state index in [1.54, 1.807) is 24.3 Å². The van der Waals surface area contributed by atoms with Crippen LogP contribution in [0, 0.1) is 13.8 Å². The van der Waals surface area contributed by atoms with E-state index < -0.39 is 18.0 Å². The second-order valence-electron chi connectivity index (χ2n) is 5.66. The first kappa shape index (κ1) is 18.8. The van der Waals surface area contributed by atoms with E-state index in [9.17, 15) is 9.59 Å². The van der Waals surface area contributed by atoms with Crippen LogP contribution in [0.2, 0.25) is 5.02 Å². The lowest BCUT2D eigenvalue weighted by Crippen LogP contribution is -2.31. The molecule has 1 amide bonds. The molecule has 1 unspecified atom stereocenters. The van der Waals surface area contributed by atoms with Crippen LogP contribution in [-0.2, 0) is 14.3 Å². The SMILES string of the molecule is Cc1ccc(C)c(OCC(=O)OC(C)C(=O)Nc2ccccc2Cl)c1. The molecule has 2 aromatic rings. The van der Waals surface area contributed by atoms with E-state index in [0.29, 0.717) is 16.5 Å². The normalized spacial score (nSPS) is 11.5. The van der Waals surface area contributed by atoms with Crippen LogP contribution in [-0.4, -0.2) is 24.6 Å². The lowest BCUT2D eigenvalue weighted by molar-refractivity contribution is -0.155. The zero-order valence-electron chi connectivity index (χ0n) is 14.3. The lowest BCUT2D eigenvalue weighted by Gasteiger charge is -2.15. The van der Waals surface area contributed by atoms with E-state index in [4.69, 9.17) is 21.1 Å². The molecule has 1 atom stereocenters. The Bertz CT molecular complexity index is 776. The predicted octanol–water partition coefficient (Wildman–Crippen LogP) is 3.91. The zero-order valence-corrected chi connectivity index (χ0v) is 15.1. The number of ether oxygens (including phenoxy) is 2. The van der Waals surface area contributed by atoms with Gasteiger partial charge >= 0.3 is 5.97 Å². The molecule has 0 saturated heterocycles. The molecule has 0 spiro atoms. The molecule has 2 rings (SSSR count). The van der Waals surface area contributed by atoms with Crippen LogP contribution in [0.4, 0.5) is 5.69 Å². The molecule has 0 radical (unpaired) electrons. The maximum Gasteiger partial charge on any atom is 0.344 e. The fraction of sp³-hybridized carbons (Fsp3) is 0.263. The highest BCUT2D eigenvalue weighted by Gasteiger charge is 2.19. The van der Waals surface area contributed by atoms with Gasteiger partial charge in [0, 0.05) is 0 Å². The molecule has 2 aromatic carbocycles. The van der Waals surface area contributed by atoms with Gasteiger partial charge in [-0.15, -0.1) is 0 Å². The van der Waals surface area contributed by atoms with Gasteiger partial charge in [0.15, 0.2) is 12.7 Å². The third kappa shape index (κ3) is 5.50. The smallest absolute Gasteiger partial charge is 0.344 e. The predicted molar refractivity (Wildman–Crippen MR) is 97.0 cm³/mol. The fourth-order valence-electron chi connectivity index (χ4n) is 2.08. The minimum absolute atomic E-state index is 0.270. The molecular weight excluding hydrogens is 342 g/mol. The largest absolute Gasteiger partial charge is 0.482 e. The Morgan fingerprint density at radius 2 is 1.88 bits per heavy atom. The molecule has 132 valence electrons. The number of esters is 1. The summed E-state index contributed by atoms with van der Waals surface area (Å²) in [7, 11) is 0.